The van der Waals surface area contributed by atoms with E-state index in [0.29, 0.717) is 11.1 Å². The molecule has 0 saturated carbocycles. The van der Waals surface area contributed by atoms with E-state index >= 15 is 0 Å². The molecular formula is C23H19F4N5O7S2. The molecule has 5 N–H and O–H groups in total. The number of carbonyl (C=O) groups is 4. The van der Waals surface area contributed by atoms with Gasteiger partial charge in [0.1, 0.15) is 35.7 Å². The monoisotopic (exact) mass is 617 g/mol. The molecule has 0 spiro atoms. The van der Waals surface area contributed by atoms with Crippen LogP contribution in [-0.2, 0) is 24.0 Å². The lowest BCUT2D eigenvalue weighted by Gasteiger charge is -2.49. The molecule has 12 nitrogen and oxygen atoms in total. The molecule has 2 aliphatic rings. The number of thioether (sulfide) groups is 1. The van der Waals surface area contributed by atoms with Crippen LogP contribution >= 0.6 is 23.1 Å². The van der Waals surface area contributed by atoms with Gasteiger partial charge in [-0.2, -0.15) is 13.2 Å². The number of oxime groups is 1. The van der Waals surface area contributed by atoms with Gasteiger partial charge in [-0.3, -0.25) is 14.5 Å². The van der Waals surface area contributed by atoms with Crippen LogP contribution in [0.25, 0.3) is 6.08 Å². The molecule has 2 aromatic rings. The zero-order valence-electron chi connectivity index (χ0n) is 20.6. The molecule has 1 aromatic carbocycles. The standard InChI is InChI=1S/C21H18FN5O5S2.C2HF3O2/c1-32-26-14(13-9-34-21(23)24-13)17(28)25-15-18(29)27-16(20(30)31)11(8-33-19(15)27)7-6-10-4-2-3-5-12(10)22;3-2(4,5)1(6)7/h2-7,9,15,19H,8H2,1H3,(H2,23,24)(H,25,28)(H,30,31);(H,6,7)/b7-6+,26-14+;/t15?,19-;/m1./s1. The number of carbonyl (C=O) groups excluding carboxylic acids is 2. The molecule has 1 aromatic heterocycles. The number of benzene rings is 1. The van der Waals surface area contributed by atoms with E-state index in [4.69, 9.17) is 20.5 Å². The summed E-state index contributed by atoms with van der Waals surface area (Å²) in [6.45, 7) is 0. The van der Waals surface area contributed by atoms with E-state index in [2.05, 4.69) is 15.5 Å². The van der Waals surface area contributed by atoms with Crippen molar-refractivity contribution >= 4 is 63.8 Å². The number of aliphatic carboxylic acids is 2. The van der Waals surface area contributed by atoms with E-state index in [9.17, 15) is 37.1 Å². The Hall–Kier alpha value is -4.45. The van der Waals surface area contributed by atoms with Crippen LogP contribution < -0.4 is 11.1 Å². The van der Waals surface area contributed by atoms with Gasteiger partial charge in [0, 0.05) is 16.7 Å². The Morgan fingerprint density at radius 1 is 1.24 bits per heavy atom. The van der Waals surface area contributed by atoms with Crippen LogP contribution in [-0.4, -0.2) is 80.0 Å². The van der Waals surface area contributed by atoms with Crippen molar-refractivity contribution in [2.75, 3.05) is 18.6 Å². The van der Waals surface area contributed by atoms with E-state index in [1.165, 1.54) is 42.5 Å². The highest BCUT2D eigenvalue weighted by molar-refractivity contribution is 8.00. The maximum Gasteiger partial charge on any atom is 0.490 e. The average Bonchev–Trinajstić information content (AvgIpc) is 3.34. The lowest BCUT2D eigenvalue weighted by molar-refractivity contribution is -0.192. The van der Waals surface area contributed by atoms with Crippen LogP contribution in [0.1, 0.15) is 11.3 Å². The largest absolute Gasteiger partial charge is 0.490 e. The minimum absolute atomic E-state index is 0.162. The third kappa shape index (κ3) is 7.20. The van der Waals surface area contributed by atoms with E-state index < -0.39 is 47.2 Å². The molecule has 1 saturated heterocycles. The highest BCUT2D eigenvalue weighted by Crippen LogP contribution is 2.41. The van der Waals surface area contributed by atoms with Crippen molar-refractivity contribution in [3.63, 3.8) is 0 Å². The molecule has 1 unspecified atom stereocenters. The Kier molecular flexibility index (Phi) is 9.71. The fourth-order valence-corrected chi connectivity index (χ4v) is 5.34. The summed E-state index contributed by atoms with van der Waals surface area (Å²) in [5.41, 5.74) is 6.09. The number of nitrogen functional groups attached to an aromatic ring is 1. The highest BCUT2D eigenvalue weighted by atomic mass is 32.2. The van der Waals surface area contributed by atoms with Gasteiger partial charge in [-0.25, -0.2) is 19.0 Å². The van der Waals surface area contributed by atoms with Crippen LogP contribution in [0.3, 0.4) is 0 Å². The molecule has 41 heavy (non-hydrogen) atoms. The first-order valence-electron chi connectivity index (χ1n) is 11.0. The van der Waals surface area contributed by atoms with Gasteiger partial charge >= 0.3 is 18.1 Å². The van der Waals surface area contributed by atoms with Crippen molar-refractivity contribution in [2.45, 2.75) is 17.6 Å². The summed E-state index contributed by atoms with van der Waals surface area (Å²) >= 11 is 2.39. The number of hydrogen-bond acceptors (Lipinski definition) is 10. The second-order valence-electron chi connectivity index (χ2n) is 7.89. The number of thiazole rings is 1. The normalized spacial score (nSPS) is 18.7. The number of amides is 2. The quantitative estimate of drug-likeness (QED) is 0.156. The van der Waals surface area contributed by atoms with Gasteiger partial charge in [0.25, 0.3) is 11.8 Å². The minimum Gasteiger partial charge on any atom is -0.477 e. The predicted octanol–water partition coefficient (Wildman–Crippen LogP) is 2.30. The average molecular weight is 618 g/mol. The fraction of sp³-hybridized carbons (Fsp3) is 0.217. The van der Waals surface area contributed by atoms with Gasteiger partial charge in [0.2, 0.25) is 0 Å². The number of carboxylic acids is 2. The molecule has 0 radical (unpaired) electrons. The number of nitrogens with one attached hydrogen (secondary N) is 1. The van der Waals surface area contributed by atoms with Gasteiger partial charge in [0.05, 0.1) is 0 Å². The zero-order valence-corrected chi connectivity index (χ0v) is 22.2. The first kappa shape index (κ1) is 31.1. The summed E-state index contributed by atoms with van der Waals surface area (Å²) in [5, 5.41) is 24.3. The van der Waals surface area contributed by atoms with Crippen molar-refractivity contribution in [1.82, 2.24) is 15.2 Å². The topological polar surface area (TPSA) is 185 Å². The first-order chi connectivity index (χ1) is 19.3. The second kappa shape index (κ2) is 12.8. The van der Waals surface area contributed by atoms with E-state index in [1.807, 2.05) is 0 Å². The number of anilines is 1. The van der Waals surface area contributed by atoms with Crippen molar-refractivity contribution in [2.24, 2.45) is 5.16 Å². The number of rotatable bonds is 7. The summed E-state index contributed by atoms with van der Waals surface area (Å²) in [4.78, 5) is 56.4. The zero-order chi connectivity index (χ0) is 30.5. The Labute approximate surface area is 236 Å². The Morgan fingerprint density at radius 3 is 2.44 bits per heavy atom. The number of nitrogens with two attached hydrogens (primary N) is 1. The van der Waals surface area contributed by atoms with Crippen molar-refractivity contribution < 1.29 is 51.8 Å². The molecule has 4 rings (SSSR count). The number of β-lactam (4-membered cyclic amide) rings is 1. The summed E-state index contributed by atoms with van der Waals surface area (Å²) in [5.74, 6) is -5.56. The number of halogens is 4. The Balaban J connectivity index is 0.000000587. The predicted molar refractivity (Wildman–Crippen MR) is 139 cm³/mol. The summed E-state index contributed by atoms with van der Waals surface area (Å²) < 4.78 is 45.6. The number of nitrogens with zero attached hydrogens (tertiary/aromatic N) is 3. The van der Waals surface area contributed by atoms with E-state index in [-0.39, 0.29) is 28.0 Å². The molecule has 18 heteroatoms. The number of allylic oxidation sites excluding steroid dienone is 1. The molecule has 1 fully saturated rings. The lowest BCUT2D eigenvalue weighted by Crippen LogP contribution is -2.71. The van der Waals surface area contributed by atoms with E-state index in [0.717, 1.165) is 16.2 Å². The molecule has 0 bridgehead atoms. The fourth-order valence-electron chi connectivity index (χ4n) is 3.47. The minimum atomic E-state index is -5.08. The Bertz CT molecular complexity index is 1460. The maximum atomic E-state index is 13.9. The van der Waals surface area contributed by atoms with Crippen LogP contribution in [0.2, 0.25) is 0 Å². The van der Waals surface area contributed by atoms with Crippen LogP contribution in [0.5, 0.6) is 0 Å². The third-order valence-corrected chi connectivity index (χ3v) is 7.24. The summed E-state index contributed by atoms with van der Waals surface area (Å²) in [6.07, 6.45) is -2.13. The van der Waals surface area contributed by atoms with Crippen LogP contribution in [0, 0.1) is 5.82 Å². The number of fused-ring (bicyclic) bond motifs is 1. The second-order valence-corrected chi connectivity index (χ2v) is 9.89. The molecule has 2 amide bonds. The molecule has 3 heterocycles. The van der Waals surface area contributed by atoms with Crippen LogP contribution in [0.15, 0.2) is 52.1 Å². The van der Waals surface area contributed by atoms with E-state index in [1.54, 1.807) is 18.2 Å². The smallest absolute Gasteiger partial charge is 0.477 e. The van der Waals surface area contributed by atoms with Crippen molar-refractivity contribution in [3.05, 3.63) is 64.1 Å². The van der Waals surface area contributed by atoms with Gasteiger partial charge in [-0.15, -0.1) is 23.1 Å². The van der Waals surface area contributed by atoms with Crippen LogP contribution in [0.4, 0.5) is 22.7 Å². The third-order valence-electron chi connectivity index (χ3n) is 5.26. The maximum absolute atomic E-state index is 13.9. The number of hydrogen-bond donors (Lipinski definition) is 4. The number of carboxylic acid groups (broad SMARTS) is 2. The van der Waals surface area contributed by atoms with Crippen molar-refractivity contribution in [1.29, 1.82) is 0 Å². The van der Waals surface area contributed by atoms with Gasteiger partial charge < -0.3 is 26.1 Å². The van der Waals surface area contributed by atoms with Crippen molar-refractivity contribution in [3.8, 4) is 0 Å². The number of alkyl halides is 3. The molecule has 2 atom stereocenters. The molecular weight excluding hydrogens is 598 g/mol. The summed E-state index contributed by atoms with van der Waals surface area (Å²) in [7, 11) is 1.26. The lowest BCUT2D eigenvalue weighted by atomic mass is 10.0. The van der Waals surface area contributed by atoms with Gasteiger partial charge in [-0.1, -0.05) is 35.5 Å². The molecule has 218 valence electrons. The number of aromatic nitrogens is 1. The van der Waals surface area contributed by atoms with Gasteiger partial charge in [0.15, 0.2) is 10.8 Å². The Morgan fingerprint density at radius 2 is 1.90 bits per heavy atom. The first-order valence-corrected chi connectivity index (χ1v) is 13.0. The molecule has 2 aliphatic heterocycles. The molecule has 0 aliphatic carbocycles. The van der Waals surface area contributed by atoms with Gasteiger partial charge in [-0.05, 0) is 11.6 Å². The highest BCUT2D eigenvalue weighted by Gasteiger charge is 2.54. The summed E-state index contributed by atoms with van der Waals surface area (Å²) in [6, 6.07) is 5.09. The SMILES string of the molecule is CO/N=C(/C(=O)NC1C(=O)N2C(C(=O)O)=C(/C=C/c3ccccc3F)CS[C@H]12)c1csc(N)n1.O=C(O)C(F)(F)F.